The van der Waals surface area contributed by atoms with Gasteiger partial charge in [0.25, 0.3) is 0 Å². The summed E-state index contributed by atoms with van der Waals surface area (Å²) in [4.78, 5) is 8.48. The summed E-state index contributed by atoms with van der Waals surface area (Å²) in [5.74, 6) is 0. The number of benzene rings is 1. The summed E-state index contributed by atoms with van der Waals surface area (Å²) in [6, 6.07) is 10.7. The fourth-order valence-corrected chi connectivity index (χ4v) is 3.48. The SMILES string of the molecule is CCC1=C(c2ccccc2)N2CCCN=C2S1. The van der Waals surface area contributed by atoms with E-state index in [1.165, 1.54) is 21.3 Å². The van der Waals surface area contributed by atoms with Gasteiger partial charge in [-0.25, -0.2) is 0 Å². The monoisotopic (exact) mass is 244 g/mol. The van der Waals surface area contributed by atoms with Crippen LogP contribution in [0.15, 0.2) is 40.2 Å². The number of fused-ring (bicyclic) bond motifs is 1. The Kier molecular flexibility index (Phi) is 2.93. The zero-order valence-electron chi connectivity index (χ0n) is 10.0. The highest BCUT2D eigenvalue weighted by Crippen LogP contribution is 2.42. The molecule has 2 aliphatic heterocycles. The molecule has 0 atom stereocenters. The molecule has 1 aromatic rings. The van der Waals surface area contributed by atoms with Gasteiger partial charge in [-0.15, -0.1) is 0 Å². The molecule has 0 amide bonds. The van der Waals surface area contributed by atoms with E-state index >= 15 is 0 Å². The molecule has 2 aliphatic rings. The van der Waals surface area contributed by atoms with Crippen LogP contribution in [-0.2, 0) is 0 Å². The van der Waals surface area contributed by atoms with Gasteiger partial charge < -0.3 is 4.90 Å². The zero-order valence-corrected chi connectivity index (χ0v) is 10.8. The van der Waals surface area contributed by atoms with Crippen LogP contribution in [-0.4, -0.2) is 23.2 Å². The molecule has 2 heterocycles. The van der Waals surface area contributed by atoms with E-state index in [2.05, 4.69) is 47.1 Å². The molecule has 2 nitrogen and oxygen atoms in total. The predicted octanol–water partition coefficient (Wildman–Crippen LogP) is 3.57. The number of amidine groups is 1. The quantitative estimate of drug-likeness (QED) is 0.790. The number of thioether (sulfide) groups is 1. The van der Waals surface area contributed by atoms with Crippen molar-refractivity contribution in [2.24, 2.45) is 4.99 Å². The van der Waals surface area contributed by atoms with Gasteiger partial charge in [0.2, 0.25) is 0 Å². The summed E-state index contributed by atoms with van der Waals surface area (Å²) in [6.45, 7) is 4.32. The van der Waals surface area contributed by atoms with E-state index in [0.717, 1.165) is 25.9 Å². The Bertz CT molecular complexity index is 476. The predicted molar refractivity (Wildman–Crippen MR) is 74.9 cm³/mol. The first-order chi connectivity index (χ1) is 8.40. The minimum atomic E-state index is 0.984. The summed E-state index contributed by atoms with van der Waals surface area (Å²) in [5.41, 5.74) is 2.71. The van der Waals surface area contributed by atoms with Crippen LogP contribution in [0.2, 0.25) is 0 Å². The first-order valence-electron chi connectivity index (χ1n) is 6.18. The first-order valence-corrected chi connectivity index (χ1v) is 7.00. The molecule has 88 valence electrons. The van der Waals surface area contributed by atoms with Crippen LogP contribution in [0.4, 0.5) is 0 Å². The highest BCUT2D eigenvalue weighted by atomic mass is 32.2. The van der Waals surface area contributed by atoms with Gasteiger partial charge in [0, 0.05) is 18.0 Å². The van der Waals surface area contributed by atoms with Crippen molar-refractivity contribution >= 4 is 22.6 Å². The Morgan fingerprint density at radius 1 is 1.29 bits per heavy atom. The van der Waals surface area contributed by atoms with Crippen molar-refractivity contribution in [2.75, 3.05) is 13.1 Å². The Morgan fingerprint density at radius 2 is 2.12 bits per heavy atom. The molecule has 0 fully saturated rings. The topological polar surface area (TPSA) is 15.6 Å². The molecule has 0 aromatic heterocycles. The van der Waals surface area contributed by atoms with Crippen LogP contribution in [0, 0.1) is 0 Å². The third kappa shape index (κ3) is 1.89. The lowest BCUT2D eigenvalue weighted by molar-refractivity contribution is 0.540. The van der Waals surface area contributed by atoms with E-state index in [-0.39, 0.29) is 0 Å². The number of allylic oxidation sites excluding steroid dienone is 1. The Hall–Kier alpha value is -1.22. The summed E-state index contributed by atoms with van der Waals surface area (Å²) >= 11 is 1.85. The van der Waals surface area contributed by atoms with E-state index in [1.54, 1.807) is 0 Å². The fraction of sp³-hybridized carbons (Fsp3) is 0.357. The van der Waals surface area contributed by atoms with Crippen molar-refractivity contribution in [3.63, 3.8) is 0 Å². The highest BCUT2D eigenvalue weighted by Gasteiger charge is 2.30. The third-order valence-corrected chi connectivity index (χ3v) is 4.40. The normalized spacial score (nSPS) is 19.4. The standard InChI is InChI=1S/C14H16N2S/c1-2-12-13(11-7-4-3-5-8-11)16-10-6-9-15-14(16)17-12/h3-5,7-8H,2,6,9-10H2,1H3. The Morgan fingerprint density at radius 3 is 2.88 bits per heavy atom. The van der Waals surface area contributed by atoms with Crippen molar-refractivity contribution < 1.29 is 0 Å². The molecule has 1 aromatic carbocycles. The van der Waals surface area contributed by atoms with Crippen molar-refractivity contribution in [3.8, 4) is 0 Å². The van der Waals surface area contributed by atoms with Crippen molar-refractivity contribution in [2.45, 2.75) is 19.8 Å². The van der Waals surface area contributed by atoms with Crippen molar-refractivity contribution in [3.05, 3.63) is 40.8 Å². The lowest BCUT2D eigenvalue weighted by Crippen LogP contribution is -2.28. The fourth-order valence-electron chi connectivity index (χ4n) is 2.34. The van der Waals surface area contributed by atoms with E-state index in [1.807, 2.05) is 11.8 Å². The second kappa shape index (κ2) is 4.57. The van der Waals surface area contributed by atoms with Crippen LogP contribution < -0.4 is 0 Å². The number of aliphatic imine (C=N–C) groups is 1. The number of nitrogens with zero attached hydrogens (tertiary/aromatic N) is 2. The lowest BCUT2D eigenvalue weighted by Gasteiger charge is -2.25. The van der Waals surface area contributed by atoms with Gasteiger partial charge in [0.1, 0.15) is 0 Å². The highest BCUT2D eigenvalue weighted by molar-refractivity contribution is 8.17. The molecule has 3 rings (SSSR count). The number of hydrogen-bond donors (Lipinski definition) is 0. The zero-order chi connectivity index (χ0) is 11.7. The van der Waals surface area contributed by atoms with Gasteiger partial charge >= 0.3 is 0 Å². The average molecular weight is 244 g/mol. The Balaban J connectivity index is 2.05. The summed E-state index contributed by atoms with van der Waals surface area (Å²) in [6.07, 6.45) is 2.25. The molecule has 0 radical (unpaired) electrons. The molecule has 0 unspecified atom stereocenters. The number of hydrogen-bond acceptors (Lipinski definition) is 3. The number of rotatable bonds is 2. The molecule has 17 heavy (non-hydrogen) atoms. The maximum atomic E-state index is 4.63. The van der Waals surface area contributed by atoms with Crippen LogP contribution >= 0.6 is 11.8 Å². The van der Waals surface area contributed by atoms with E-state index in [9.17, 15) is 0 Å². The van der Waals surface area contributed by atoms with Crippen molar-refractivity contribution in [1.29, 1.82) is 0 Å². The average Bonchev–Trinajstić information content (AvgIpc) is 2.78. The van der Waals surface area contributed by atoms with Crippen LogP contribution in [0.25, 0.3) is 5.70 Å². The molecular formula is C14H16N2S. The molecule has 0 aliphatic carbocycles. The minimum Gasteiger partial charge on any atom is -0.320 e. The molecule has 0 saturated carbocycles. The molecule has 0 saturated heterocycles. The van der Waals surface area contributed by atoms with Crippen LogP contribution in [0.3, 0.4) is 0 Å². The summed E-state index contributed by atoms with van der Waals surface area (Å²) in [7, 11) is 0. The molecule has 3 heteroatoms. The molecule has 0 spiro atoms. The first kappa shape index (κ1) is 10.9. The second-order valence-electron chi connectivity index (χ2n) is 4.26. The van der Waals surface area contributed by atoms with Crippen molar-refractivity contribution in [1.82, 2.24) is 4.90 Å². The van der Waals surface area contributed by atoms with Gasteiger partial charge in [-0.1, -0.05) is 49.0 Å². The summed E-state index contributed by atoms with van der Waals surface area (Å²) < 4.78 is 0. The largest absolute Gasteiger partial charge is 0.320 e. The molecular weight excluding hydrogens is 228 g/mol. The smallest absolute Gasteiger partial charge is 0.168 e. The van der Waals surface area contributed by atoms with Gasteiger partial charge in [0.05, 0.1) is 5.70 Å². The van der Waals surface area contributed by atoms with Gasteiger partial charge in [-0.05, 0) is 18.4 Å². The van der Waals surface area contributed by atoms with Gasteiger partial charge in [-0.3, -0.25) is 4.99 Å². The van der Waals surface area contributed by atoms with E-state index in [0.29, 0.717) is 0 Å². The summed E-state index contributed by atoms with van der Waals surface area (Å²) in [5, 5.41) is 1.20. The minimum absolute atomic E-state index is 0.984. The van der Waals surface area contributed by atoms with Crippen LogP contribution in [0.5, 0.6) is 0 Å². The third-order valence-electron chi connectivity index (χ3n) is 3.13. The maximum absolute atomic E-state index is 4.63. The van der Waals surface area contributed by atoms with E-state index in [4.69, 9.17) is 0 Å². The van der Waals surface area contributed by atoms with Crippen LogP contribution in [0.1, 0.15) is 25.3 Å². The maximum Gasteiger partial charge on any atom is 0.168 e. The molecule has 0 N–H and O–H groups in total. The molecule has 0 bridgehead atoms. The van der Waals surface area contributed by atoms with Gasteiger partial charge in [-0.2, -0.15) is 0 Å². The van der Waals surface area contributed by atoms with Gasteiger partial charge in [0.15, 0.2) is 5.17 Å². The second-order valence-corrected chi connectivity index (χ2v) is 5.32. The lowest BCUT2D eigenvalue weighted by atomic mass is 10.1. The van der Waals surface area contributed by atoms with E-state index < -0.39 is 0 Å². The Labute approximate surface area is 106 Å².